The number of carbonyl (C=O) groups excluding carboxylic acids is 2. The van der Waals surface area contributed by atoms with Crippen LogP contribution < -0.4 is 4.90 Å². The van der Waals surface area contributed by atoms with Crippen LogP contribution in [0.2, 0.25) is 0 Å². The summed E-state index contributed by atoms with van der Waals surface area (Å²) in [6.45, 7) is 1.02. The summed E-state index contributed by atoms with van der Waals surface area (Å²) in [5.41, 5.74) is 2.62. The third-order valence-electron chi connectivity index (χ3n) is 5.11. The largest absolute Gasteiger partial charge is 0.454 e. The summed E-state index contributed by atoms with van der Waals surface area (Å²) in [5, 5.41) is 7.65. The smallest absolute Gasteiger partial charge is 0.293 e. The molecule has 2 aliphatic rings. The lowest BCUT2D eigenvalue weighted by Gasteiger charge is -2.18. The number of carbonyl (C=O) groups is 2. The third kappa shape index (κ3) is 2.28. The Hall–Kier alpha value is -3.22. The third-order valence-corrected chi connectivity index (χ3v) is 5.11. The average Bonchev–Trinajstić information content (AvgIpc) is 3.39. The Labute approximate surface area is 149 Å². The van der Waals surface area contributed by atoms with Crippen LogP contribution in [0.5, 0.6) is 0 Å². The van der Waals surface area contributed by atoms with Gasteiger partial charge in [-0.1, -0.05) is 17.3 Å². The van der Waals surface area contributed by atoms with E-state index in [0.717, 1.165) is 23.2 Å². The Kier molecular flexibility index (Phi) is 3.28. The molecule has 3 aromatic rings. The number of furan rings is 1. The number of hydrogen-bond acceptors (Lipinski definition) is 5. The first-order valence-electron chi connectivity index (χ1n) is 8.61. The second-order valence-corrected chi connectivity index (χ2v) is 6.68. The molecular formula is C19H16N4O3. The Balaban J connectivity index is 1.44. The highest BCUT2D eigenvalue weighted by atomic mass is 16.4. The number of hydrogen-bond donors (Lipinski definition) is 0. The van der Waals surface area contributed by atoms with Crippen LogP contribution in [0.3, 0.4) is 0 Å². The molecule has 0 bridgehead atoms. The quantitative estimate of drug-likeness (QED) is 0.727. The highest BCUT2D eigenvalue weighted by Crippen LogP contribution is 2.44. The van der Waals surface area contributed by atoms with E-state index in [-0.39, 0.29) is 17.6 Å². The number of Topliss-reactive ketones (excluding diaryl/α,β-unsaturated/α-hetero) is 1. The molecule has 26 heavy (non-hydrogen) atoms. The van der Waals surface area contributed by atoms with Gasteiger partial charge in [-0.3, -0.25) is 9.59 Å². The molecule has 0 N–H and O–H groups in total. The van der Waals surface area contributed by atoms with Crippen molar-refractivity contribution in [2.45, 2.75) is 25.3 Å². The second kappa shape index (κ2) is 5.66. The number of rotatable bonds is 3. The number of benzene rings is 1. The minimum Gasteiger partial charge on any atom is -0.454 e. The fraction of sp³-hybridized carbons (Fsp3) is 0.263. The number of ketones is 1. The van der Waals surface area contributed by atoms with E-state index in [0.29, 0.717) is 31.0 Å². The molecule has 2 aromatic heterocycles. The lowest BCUT2D eigenvalue weighted by Crippen LogP contribution is -2.29. The van der Waals surface area contributed by atoms with Crippen molar-refractivity contribution >= 4 is 17.4 Å². The van der Waals surface area contributed by atoms with E-state index in [9.17, 15) is 9.59 Å². The van der Waals surface area contributed by atoms with Crippen molar-refractivity contribution in [3.63, 3.8) is 0 Å². The summed E-state index contributed by atoms with van der Waals surface area (Å²) in [6, 6.07) is 9.09. The van der Waals surface area contributed by atoms with E-state index in [2.05, 4.69) is 10.3 Å². The highest BCUT2D eigenvalue weighted by Gasteiger charge is 2.39. The average molecular weight is 348 g/mol. The van der Waals surface area contributed by atoms with Gasteiger partial charge in [0.2, 0.25) is 0 Å². The molecule has 1 aliphatic heterocycles. The van der Waals surface area contributed by atoms with Crippen molar-refractivity contribution < 1.29 is 14.0 Å². The van der Waals surface area contributed by atoms with Gasteiger partial charge < -0.3 is 9.32 Å². The summed E-state index contributed by atoms with van der Waals surface area (Å²) < 4.78 is 7.37. The summed E-state index contributed by atoms with van der Waals surface area (Å²) in [6.07, 6.45) is 4.67. The van der Waals surface area contributed by atoms with Crippen LogP contribution in [0, 0.1) is 0 Å². The van der Waals surface area contributed by atoms with Gasteiger partial charge in [0.05, 0.1) is 6.20 Å². The Morgan fingerprint density at radius 1 is 1.27 bits per heavy atom. The summed E-state index contributed by atoms with van der Waals surface area (Å²) in [5.74, 6) is 1.16. The molecule has 5 rings (SSSR count). The lowest BCUT2D eigenvalue weighted by molar-refractivity contribution is 0.0959. The summed E-state index contributed by atoms with van der Waals surface area (Å²) in [4.78, 5) is 26.9. The first kappa shape index (κ1) is 15.1. The van der Waals surface area contributed by atoms with Gasteiger partial charge in [-0.25, -0.2) is 4.68 Å². The van der Waals surface area contributed by atoms with Crippen molar-refractivity contribution in [3.05, 3.63) is 65.4 Å². The molecule has 1 atom stereocenters. The first-order valence-corrected chi connectivity index (χ1v) is 8.61. The maximum absolute atomic E-state index is 13.0. The molecule has 1 aliphatic carbocycles. The van der Waals surface area contributed by atoms with Gasteiger partial charge in [0, 0.05) is 36.3 Å². The topological polar surface area (TPSA) is 81.2 Å². The fourth-order valence-corrected chi connectivity index (χ4v) is 3.93. The first-order chi connectivity index (χ1) is 12.7. The molecule has 3 heterocycles. The maximum Gasteiger partial charge on any atom is 0.293 e. The van der Waals surface area contributed by atoms with E-state index >= 15 is 0 Å². The van der Waals surface area contributed by atoms with Crippen LogP contribution in [0.25, 0.3) is 0 Å². The molecule has 130 valence electrons. The van der Waals surface area contributed by atoms with Crippen LogP contribution in [-0.4, -0.2) is 33.2 Å². The molecule has 0 spiro atoms. The molecule has 1 amide bonds. The molecule has 0 saturated heterocycles. The van der Waals surface area contributed by atoms with Gasteiger partial charge in [-0.15, -0.1) is 5.10 Å². The molecule has 1 aromatic carbocycles. The molecule has 7 nitrogen and oxygen atoms in total. The standard InChI is InChI=1S/C19H16N4O3/c24-16-6-4-12-10-23(15-3-1-2-14(16)18(12)15)19(25)17-7-5-13(26-17)11-22-9-8-20-21-22/h1-3,5,7-9,12H,4,6,10-11H2. The lowest BCUT2D eigenvalue weighted by atomic mass is 9.83. The molecule has 0 radical (unpaired) electrons. The Morgan fingerprint density at radius 2 is 2.19 bits per heavy atom. The zero-order chi connectivity index (χ0) is 17.7. The van der Waals surface area contributed by atoms with Gasteiger partial charge in [0.1, 0.15) is 12.3 Å². The van der Waals surface area contributed by atoms with E-state index in [1.807, 2.05) is 18.2 Å². The zero-order valence-electron chi connectivity index (χ0n) is 14.0. The Bertz CT molecular complexity index is 1010. The van der Waals surface area contributed by atoms with Crippen molar-refractivity contribution in [2.75, 3.05) is 11.4 Å². The van der Waals surface area contributed by atoms with Crippen LogP contribution >= 0.6 is 0 Å². The molecule has 7 heteroatoms. The van der Waals surface area contributed by atoms with Gasteiger partial charge in [0.25, 0.3) is 5.91 Å². The van der Waals surface area contributed by atoms with E-state index < -0.39 is 0 Å². The predicted octanol–water partition coefficient (Wildman–Crippen LogP) is 2.64. The number of amides is 1. The monoisotopic (exact) mass is 348 g/mol. The van der Waals surface area contributed by atoms with Crippen LogP contribution in [0.15, 0.2) is 47.1 Å². The number of nitrogens with zero attached hydrogens (tertiary/aromatic N) is 4. The fourth-order valence-electron chi connectivity index (χ4n) is 3.93. The number of aromatic nitrogens is 3. The van der Waals surface area contributed by atoms with Crippen molar-refractivity contribution in [1.82, 2.24) is 15.0 Å². The van der Waals surface area contributed by atoms with E-state index in [4.69, 9.17) is 4.42 Å². The minimum atomic E-state index is -0.176. The normalized spacial score (nSPS) is 18.2. The second-order valence-electron chi connectivity index (χ2n) is 6.68. The summed E-state index contributed by atoms with van der Waals surface area (Å²) >= 11 is 0. The van der Waals surface area contributed by atoms with Gasteiger partial charge in [0.15, 0.2) is 11.5 Å². The highest BCUT2D eigenvalue weighted by molar-refractivity contribution is 6.08. The van der Waals surface area contributed by atoms with Crippen LogP contribution in [0.4, 0.5) is 5.69 Å². The molecular weight excluding hydrogens is 332 g/mol. The van der Waals surface area contributed by atoms with Crippen molar-refractivity contribution in [1.29, 1.82) is 0 Å². The van der Waals surface area contributed by atoms with Gasteiger partial charge in [-0.2, -0.15) is 0 Å². The van der Waals surface area contributed by atoms with Gasteiger partial charge >= 0.3 is 0 Å². The SMILES string of the molecule is O=C1CCC2CN(C(=O)c3ccc(Cn4ccnn4)o3)c3cccc1c32. The van der Waals surface area contributed by atoms with Crippen LogP contribution in [-0.2, 0) is 6.54 Å². The maximum atomic E-state index is 13.0. The molecule has 0 saturated carbocycles. The van der Waals surface area contributed by atoms with Crippen molar-refractivity contribution in [2.24, 2.45) is 0 Å². The van der Waals surface area contributed by atoms with Crippen LogP contribution in [0.1, 0.15) is 51.0 Å². The predicted molar refractivity (Wildman–Crippen MR) is 92.3 cm³/mol. The van der Waals surface area contributed by atoms with Gasteiger partial charge in [-0.05, 0) is 30.2 Å². The summed E-state index contributed by atoms with van der Waals surface area (Å²) in [7, 11) is 0. The van der Waals surface area contributed by atoms with E-state index in [1.54, 1.807) is 34.1 Å². The molecule has 1 unspecified atom stereocenters. The Morgan fingerprint density at radius 3 is 3.04 bits per heavy atom. The van der Waals surface area contributed by atoms with Crippen molar-refractivity contribution in [3.8, 4) is 0 Å². The number of anilines is 1. The zero-order valence-corrected chi connectivity index (χ0v) is 14.0. The minimum absolute atomic E-state index is 0.167. The van der Waals surface area contributed by atoms with E-state index in [1.165, 1.54) is 0 Å². The molecule has 0 fully saturated rings.